The summed E-state index contributed by atoms with van der Waals surface area (Å²) in [4.78, 5) is 0. The van der Waals surface area contributed by atoms with Crippen LogP contribution in [0.15, 0.2) is 18.2 Å². The first kappa shape index (κ1) is 14.8. The highest BCUT2D eigenvalue weighted by Gasteiger charge is 2.15. The van der Waals surface area contributed by atoms with Gasteiger partial charge in [-0.1, -0.05) is 6.92 Å². The molecule has 0 aliphatic carbocycles. The van der Waals surface area contributed by atoms with Crippen molar-refractivity contribution in [2.45, 2.75) is 38.4 Å². The Kier molecular flexibility index (Phi) is 5.95. The molecular weight excluding hydrogens is 232 g/mol. The summed E-state index contributed by atoms with van der Waals surface area (Å²) in [6.07, 6.45) is 0.320. The molecule has 2 atom stereocenters. The maximum atomic E-state index is 9.75. The minimum atomic E-state index is -0.703. The highest BCUT2D eigenvalue weighted by atomic mass is 16.5. The second-order valence-corrected chi connectivity index (χ2v) is 4.26. The van der Waals surface area contributed by atoms with E-state index in [1.54, 1.807) is 14.2 Å². The Labute approximate surface area is 108 Å². The fourth-order valence-electron chi connectivity index (χ4n) is 1.85. The molecule has 0 fully saturated rings. The van der Waals surface area contributed by atoms with Gasteiger partial charge in [0.05, 0.1) is 26.4 Å². The fourth-order valence-corrected chi connectivity index (χ4v) is 1.85. The second-order valence-electron chi connectivity index (χ2n) is 4.26. The lowest BCUT2D eigenvalue weighted by Crippen LogP contribution is -2.25. The largest absolute Gasteiger partial charge is 0.497 e. The highest BCUT2D eigenvalue weighted by Crippen LogP contribution is 2.25. The first-order valence-corrected chi connectivity index (χ1v) is 6.19. The molecule has 0 heterocycles. The zero-order valence-electron chi connectivity index (χ0n) is 11.2. The van der Waals surface area contributed by atoms with Gasteiger partial charge in [-0.25, -0.2) is 0 Å². The van der Waals surface area contributed by atoms with Crippen LogP contribution in [-0.4, -0.2) is 36.6 Å². The summed E-state index contributed by atoms with van der Waals surface area (Å²) in [5, 5.41) is 19.3. The zero-order valence-corrected chi connectivity index (χ0v) is 11.2. The molecule has 1 aromatic carbocycles. The minimum absolute atomic E-state index is 0.499. The number of aliphatic hydroxyl groups is 2. The topological polar surface area (TPSA) is 58.9 Å². The van der Waals surface area contributed by atoms with Gasteiger partial charge in [0.15, 0.2) is 0 Å². The van der Waals surface area contributed by atoms with E-state index in [4.69, 9.17) is 9.47 Å². The van der Waals surface area contributed by atoms with Crippen LogP contribution in [0, 0.1) is 0 Å². The highest BCUT2D eigenvalue weighted by molar-refractivity contribution is 5.40. The van der Waals surface area contributed by atoms with Gasteiger partial charge in [-0.3, -0.25) is 0 Å². The van der Waals surface area contributed by atoms with E-state index in [1.165, 1.54) is 0 Å². The number of aliphatic hydroxyl groups excluding tert-OH is 2. The number of rotatable bonds is 7. The lowest BCUT2D eigenvalue weighted by atomic mass is 10.0. The molecule has 0 aliphatic rings. The summed E-state index contributed by atoms with van der Waals surface area (Å²) in [5.74, 6) is 1.53. The summed E-state index contributed by atoms with van der Waals surface area (Å²) >= 11 is 0. The van der Waals surface area contributed by atoms with E-state index in [1.807, 2.05) is 25.1 Å². The first-order valence-electron chi connectivity index (χ1n) is 6.19. The van der Waals surface area contributed by atoms with E-state index in [9.17, 15) is 10.2 Å². The molecule has 0 bridgehead atoms. The van der Waals surface area contributed by atoms with Crippen LogP contribution in [-0.2, 0) is 6.42 Å². The van der Waals surface area contributed by atoms with E-state index >= 15 is 0 Å². The first-order chi connectivity index (χ1) is 8.62. The van der Waals surface area contributed by atoms with Gasteiger partial charge in [0.1, 0.15) is 11.5 Å². The summed E-state index contributed by atoms with van der Waals surface area (Å²) in [5.41, 5.74) is 0.971. The van der Waals surface area contributed by atoms with Gasteiger partial charge in [-0.2, -0.15) is 0 Å². The molecule has 0 amide bonds. The molecule has 102 valence electrons. The van der Waals surface area contributed by atoms with Crippen molar-refractivity contribution in [2.75, 3.05) is 14.2 Å². The zero-order chi connectivity index (χ0) is 13.5. The molecule has 1 aromatic rings. The molecule has 0 saturated carbocycles. The number of ether oxygens (including phenoxy) is 2. The number of hydrogen-bond donors (Lipinski definition) is 2. The normalized spacial score (nSPS) is 14.1. The van der Waals surface area contributed by atoms with Gasteiger partial charge < -0.3 is 19.7 Å². The molecule has 1 rings (SSSR count). The summed E-state index contributed by atoms with van der Waals surface area (Å²) in [6, 6.07) is 5.57. The Bertz CT molecular complexity index is 365. The van der Waals surface area contributed by atoms with Crippen LogP contribution in [0.25, 0.3) is 0 Å². The van der Waals surface area contributed by atoms with Crippen LogP contribution in [0.5, 0.6) is 11.5 Å². The third-order valence-electron chi connectivity index (χ3n) is 3.06. The van der Waals surface area contributed by atoms with Crippen molar-refractivity contribution in [3.05, 3.63) is 23.8 Å². The second kappa shape index (κ2) is 7.24. The molecule has 4 heteroatoms. The molecule has 4 nitrogen and oxygen atoms in total. The number of hydrogen-bond acceptors (Lipinski definition) is 4. The van der Waals surface area contributed by atoms with Crippen LogP contribution < -0.4 is 9.47 Å². The van der Waals surface area contributed by atoms with Gasteiger partial charge in [0.25, 0.3) is 0 Å². The average Bonchev–Trinajstić information content (AvgIpc) is 2.43. The van der Waals surface area contributed by atoms with Crippen molar-refractivity contribution in [1.29, 1.82) is 0 Å². The Hall–Kier alpha value is -1.26. The lowest BCUT2D eigenvalue weighted by molar-refractivity contribution is 0.0130. The van der Waals surface area contributed by atoms with Crippen molar-refractivity contribution in [1.82, 2.24) is 0 Å². The van der Waals surface area contributed by atoms with Crippen molar-refractivity contribution in [2.24, 2.45) is 0 Å². The van der Waals surface area contributed by atoms with Gasteiger partial charge in [-0.15, -0.1) is 0 Å². The molecule has 2 N–H and O–H groups in total. The third kappa shape index (κ3) is 3.89. The van der Waals surface area contributed by atoms with Crippen LogP contribution in [0.3, 0.4) is 0 Å². The van der Waals surface area contributed by atoms with E-state index in [2.05, 4.69) is 0 Å². The fraction of sp³-hybridized carbons (Fsp3) is 0.571. The molecule has 2 unspecified atom stereocenters. The molecule has 0 saturated heterocycles. The van der Waals surface area contributed by atoms with Crippen LogP contribution in [0.4, 0.5) is 0 Å². The maximum absolute atomic E-state index is 9.75. The minimum Gasteiger partial charge on any atom is -0.497 e. The molecule has 18 heavy (non-hydrogen) atoms. The van der Waals surface area contributed by atoms with Gasteiger partial charge in [0, 0.05) is 0 Å². The summed E-state index contributed by atoms with van der Waals surface area (Å²) in [7, 11) is 3.23. The van der Waals surface area contributed by atoms with E-state index in [-0.39, 0.29) is 0 Å². The van der Waals surface area contributed by atoms with E-state index < -0.39 is 12.2 Å². The van der Waals surface area contributed by atoms with E-state index in [0.29, 0.717) is 19.3 Å². The molecule has 0 aliphatic heterocycles. The monoisotopic (exact) mass is 254 g/mol. The molecule has 0 radical (unpaired) electrons. The number of benzene rings is 1. The average molecular weight is 254 g/mol. The maximum Gasteiger partial charge on any atom is 0.122 e. The van der Waals surface area contributed by atoms with Crippen molar-refractivity contribution in [3.63, 3.8) is 0 Å². The van der Waals surface area contributed by atoms with Crippen LogP contribution in [0.1, 0.15) is 25.3 Å². The number of methoxy groups -OCH3 is 2. The Morgan fingerprint density at radius 2 is 1.83 bits per heavy atom. The van der Waals surface area contributed by atoms with Crippen molar-refractivity contribution in [3.8, 4) is 11.5 Å². The predicted molar refractivity (Wildman–Crippen MR) is 70.2 cm³/mol. The molecular formula is C14H22O4. The predicted octanol–water partition coefficient (Wildman–Crippen LogP) is 1.77. The van der Waals surface area contributed by atoms with Crippen molar-refractivity contribution >= 4 is 0 Å². The van der Waals surface area contributed by atoms with Crippen molar-refractivity contribution < 1.29 is 19.7 Å². The lowest BCUT2D eigenvalue weighted by Gasteiger charge is -2.17. The van der Waals surface area contributed by atoms with E-state index in [0.717, 1.165) is 17.1 Å². The summed E-state index contributed by atoms with van der Waals surface area (Å²) < 4.78 is 10.4. The Balaban J connectivity index is 2.70. The van der Waals surface area contributed by atoms with Gasteiger partial charge >= 0.3 is 0 Å². The third-order valence-corrected chi connectivity index (χ3v) is 3.06. The standard InChI is InChI=1S/C14H22O4/c1-4-12(15)13(16)7-5-10-9-11(17-2)6-8-14(10)18-3/h6,8-9,12-13,15-16H,4-5,7H2,1-3H3. The molecule has 0 aromatic heterocycles. The Morgan fingerprint density at radius 3 is 2.39 bits per heavy atom. The van der Waals surface area contributed by atoms with Gasteiger partial charge in [0.2, 0.25) is 0 Å². The Morgan fingerprint density at radius 1 is 1.11 bits per heavy atom. The summed E-state index contributed by atoms with van der Waals surface area (Å²) in [6.45, 7) is 1.85. The smallest absolute Gasteiger partial charge is 0.122 e. The van der Waals surface area contributed by atoms with Crippen LogP contribution >= 0.6 is 0 Å². The number of aryl methyl sites for hydroxylation is 1. The van der Waals surface area contributed by atoms with Gasteiger partial charge in [-0.05, 0) is 43.0 Å². The molecule has 0 spiro atoms. The van der Waals surface area contributed by atoms with Crippen LogP contribution in [0.2, 0.25) is 0 Å². The quantitative estimate of drug-likeness (QED) is 0.778. The SMILES string of the molecule is CCC(O)C(O)CCc1cc(OC)ccc1OC.